The van der Waals surface area contributed by atoms with Gasteiger partial charge in [-0.05, 0) is 29.7 Å². The second-order valence-corrected chi connectivity index (χ2v) is 5.81. The minimum absolute atomic E-state index is 0.0953. The molecule has 1 heterocycles. The Hall–Kier alpha value is -2.92. The Kier molecular flexibility index (Phi) is 5.59. The van der Waals surface area contributed by atoms with Crippen LogP contribution >= 0.6 is 0 Å². The second kappa shape index (κ2) is 8.26. The summed E-state index contributed by atoms with van der Waals surface area (Å²) in [6.07, 6.45) is 4.47. The fraction of sp³-hybridized carbons (Fsp3) is 0.200. The van der Waals surface area contributed by atoms with Crippen molar-refractivity contribution in [1.29, 1.82) is 0 Å². The molecule has 0 aliphatic heterocycles. The summed E-state index contributed by atoms with van der Waals surface area (Å²) in [5, 5.41) is 4.24. The van der Waals surface area contributed by atoms with Gasteiger partial charge in [0.25, 0.3) is 0 Å². The van der Waals surface area contributed by atoms with Gasteiger partial charge in [0.1, 0.15) is 13.2 Å². The molecule has 2 N–H and O–H groups in total. The van der Waals surface area contributed by atoms with Crippen LogP contribution in [0.15, 0.2) is 67.0 Å². The van der Waals surface area contributed by atoms with Crippen LogP contribution < -0.4 is 5.73 Å². The van der Waals surface area contributed by atoms with Gasteiger partial charge in [-0.3, -0.25) is 9.48 Å². The maximum atomic E-state index is 12.0. The normalized spacial score (nSPS) is 10.6. The average molecular weight is 335 g/mol. The van der Waals surface area contributed by atoms with Gasteiger partial charge in [0, 0.05) is 11.8 Å². The Morgan fingerprint density at radius 1 is 1.00 bits per heavy atom. The molecule has 3 rings (SSSR count). The van der Waals surface area contributed by atoms with E-state index in [2.05, 4.69) is 17.2 Å². The van der Waals surface area contributed by atoms with E-state index in [1.165, 1.54) is 5.56 Å². The number of aromatic nitrogens is 2. The molecule has 3 aromatic rings. The van der Waals surface area contributed by atoms with Crippen LogP contribution in [0.5, 0.6) is 0 Å². The van der Waals surface area contributed by atoms with Gasteiger partial charge in [0.2, 0.25) is 0 Å². The summed E-state index contributed by atoms with van der Waals surface area (Å²) in [6, 6.07) is 17.8. The molecule has 0 unspecified atom stereocenters. The van der Waals surface area contributed by atoms with Crippen molar-refractivity contribution >= 4 is 5.97 Å². The monoisotopic (exact) mass is 335 g/mol. The van der Waals surface area contributed by atoms with E-state index >= 15 is 0 Å². The number of ether oxygens (including phenoxy) is 1. The molecule has 0 aliphatic carbocycles. The number of carbonyl (C=O) groups excluding carboxylic acids is 1. The number of rotatable bonds is 7. The maximum absolute atomic E-state index is 12.0. The third kappa shape index (κ3) is 4.78. The lowest BCUT2D eigenvalue weighted by Crippen LogP contribution is -2.13. The molecule has 2 aromatic carbocycles. The Labute approximate surface area is 147 Å². The first kappa shape index (κ1) is 16.9. The molecule has 5 nitrogen and oxygen atoms in total. The highest BCUT2D eigenvalue weighted by Gasteiger charge is 2.08. The van der Waals surface area contributed by atoms with E-state index in [4.69, 9.17) is 10.5 Å². The summed E-state index contributed by atoms with van der Waals surface area (Å²) in [5.41, 5.74) is 9.77. The highest BCUT2D eigenvalue weighted by molar-refractivity contribution is 5.69. The van der Waals surface area contributed by atoms with E-state index in [0.717, 1.165) is 23.1 Å². The van der Waals surface area contributed by atoms with Crippen molar-refractivity contribution in [1.82, 2.24) is 9.78 Å². The van der Waals surface area contributed by atoms with Gasteiger partial charge in [0.15, 0.2) is 0 Å². The Balaban J connectivity index is 1.56. The van der Waals surface area contributed by atoms with Gasteiger partial charge in [0.05, 0.1) is 6.20 Å². The highest BCUT2D eigenvalue weighted by atomic mass is 16.5. The molecule has 0 saturated carbocycles. The molecular formula is C20H21N3O2. The zero-order valence-corrected chi connectivity index (χ0v) is 14.0. The third-order valence-corrected chi connectivity index (χ3v) is 3.89. The lowest BCUT2D eigenvalue weighted by Gasteiger charge is -2.05. The number of nitrogens with zero attached hydrogens (tertiary/aromatic N) is 2. The Morgan fingerprint density at radius 3 is 2.48 bits per heavy atom. The first-order valence-electron chi connectivity index (χ1n) is 8.26. The summed E-state index contributed by atoms with van der Waals surface area (Å²) < 4.78 is 6.87. The number of benzene rings is 2. The zero-order valence-electron chi connectivity index (χ0n) is 14.0. The first-order valence-corrected chi connectivity index (χ1v) is 8.26. The minimum Gasteiger partial charge on any atom is -0.459 e. The molecule has 0 saturated heterocycles. The van der Waals surface area contributed by atoms with Crippen molar-refractivity contribution in [2.24, 2.45) is 5.73 Å². The number of carbonyl (C=O) groups is 1. The van der Waals surface area contributed by atoms with Crippen molar-refractivity contribution in [3.8, 4) is 11.1 Å². The molecule has 0 aliphatic rings. The van der Waals surface area contributed by atoms with Gasteiger partial charge in [-0.15, -0.1) is 0 Å². The lowest BCUT2D eigenvalue weighted by atomic mass is 10.1. The van der Waals surface area contributed by atoms with Crippen LogP contribution in [0, 0.1) is 0 Å². The van der Waals surface area contributed by atoms with E-state index in [0.29, 0.717) is 6.54 Å². The number of esters is 1. The molecule has 25 heavy (non-hydrogen) atoms. The fourth-order valence-electron chi connectivity index (χ4n) is 2.55. The van der Waals surface area contributed by atoms with Gasteiger partial charge >= 0.3 is 5.97 Å². The summed E-state index contributed by atoms with van der Waals surface area (Å²) in [7, 11) is 0. The van der Waals surface area contributed by atoms with Crippen LogP contribution in [-0.4, -0.2) is 22.3 Å². The van der Waals surface area contributed by atoms with E-state index in [-0.39, 0.29) is 19.1 Å². The summed E-state index contributed by atoms with van der Waals surface area (Å²) >= 11 is 0. The molecule has 128 valence electrons. The van der Waals surface area contributed by atoms with Crippen molar-refractivity contribution in [3.63, 3.8) is 0 Å². The summed E-state index contributed by atoms with van der Waals surface area (Å²) in [6.45, 7) is 1.01. The predicted octanol–water partition coefficient (Wildman–Crippen LogP) is 2.79. The second-order valence-electron chi connectivity index (χ2n) is 5.81. The molecule has 0 fully saturated rings. The van der Waals surface area contributed by atoms with Crippen LogP contribution in [-0.2, 0) is 29.1 Å². The van der Waals surface area contributed by atoms with Crippen molar-refractivity contribution in [3.05, 3.63) is 78.1 Å². The highest BCUT2D eigenvalue weighted by Crippen LogP contribution is 2.19. The van der Waals surface area contributed by atoms with Crippen LogP contribution in [0.2, 0.25) is 0 Å². The van der Waals surface area contributed by atoms with E-state index < -0.39 is 0 Å². The Bertz CT molecular complexity index is 810. The quantitative estimate of drug-likeness (QED) is 0.674. The topological polar surface area (TPSA) is 70.1 Å². The molecule has 0 radical (unpaired) electrons. The van der Waals surface area contributed by atoms with Gasteiger partial charge in [-0.25, -0.2) is 0 Å². The van der Waals surface area contributed by atoms with Crippen molar-refractivity contribution in [2.45, 2.75) is 19.6 Å². The van der Waals surface area contributed by atoms with Crippen LogP contribution in [0.4, 0.5) is 0 Å². The maximum Gasteiger partial charge on any atom is 0.328 e. The zero-order chi connectivity index (χ0) is 17.5. The van der Waals surface area contributed by atoms with Crippen molar-refractivity contribution < 1.29 is 9.53 Å². The number of hydrogen-bond acceptors (Lipinski definition) is 4. The summed E-state index contributed by atoms with van der Waals surface area (Å²) in [5.74, 6) is -0.309. The van der Waals surface area contributed by atoms with Gasteiger partial charge < -0.3 is 10.5 Å². The molecule has 0 amide bonds. The predicted molar refractivity (Wildman–Crippen MR) is 96.7 cm³/mol. The molecule has 0 bridgehead atoms. The van der Waals surface area contributed by atoms with Crippen LogP contribution in [0.1, 0.15) is 11.1 Å². The molecule has 0 atom stereocenters. The average Bonchev–Trinajstić information content (AvgIpc) is 3.10. The SMILES string of the molecule is NCCc1ccc(-c2cnn(CC(=O)OCc3ccccc3)c2)cc1. The van der Waals surface area contributed by atoms with Gasteiger partial charge in [-0.1, -0.05) is 54.6 Å². The number of hydrogen-bond donors (Lipinski definition) is 1. The minimum atomic E-state index is -0.309. The summed E-state index contributed by atoms with van der Waals surface area (Å²) in [4.78, 5) is 12.0. The Morgan fingerprint density at radius 2 is 1.76 bits per heavy atom. The van der Waals surface area contributed by atoms with Crippen LogP contribution in [0.25, 0.3) is 11.1 Å². The molecule has 5 heteroatoms. The largest absolute Gasteiger partial charge is 0.459 e. The third-order valence-electron chi connectivity index (χ3n) is 3.89. The van der Waals surface area contributed by atoms with E-state index in [1.54, 1.807) is 10.9 Å². The van der Waals surface area contributed by atoms with Gasteiger partial charge in [-0.2, -0.15) is 5.10 Å². The molecule has 1 aromatic heterocycles. The van der Waals surface area contributed by atoms with Crippen LogP contribution in [0.3, 0.4) is 0 Å². The smallest absolute Gasteiger partial charge is 0.328 e. The van der Waals surface area contributed by atoms with E-state index in [9.17, 15) is 4.79 Å². The molecular weight excluding hydrogens is 314 g/mol. The van der Waals surface area contributed by atoms with Crippen molar-refractivity contribution in [2.75, 3.05) is 6.54 Å². The standard InChI is InChI=1S/C20H21N3O2/c21-11-10-16-6-8-18(9-7-16)19-12-22-23(13-19)14-20(24)25-15-17-4-2-1-3-5-17/h1-9,12-13H,10-11,14-15,21H2. The fourth-order valence-corrected chi connectivity index (χ4v) is 2.55. The van der Waals surface area contributed by atoms with E-state index in [1.807, 2.05) is 48.7 Å². The first-order chi connectivity index (χ1) is 12.2. The lowest BCUT2D eigenvalue weighted by molar-refractivity contribution is -0.145. The molecule has 0 spiro atoms. The number of nitrogens with two attached hydrogens (primary N) is 1.